The summed E-state index contributed by atoms with van der Waals surface area (Å²) in [5, 5.41) is 0. The van der Waals surface area contributed by atoms with Gasteiger partial charge in [0.1, 0.15) is 18.1 Å². The van der Waals surface area contributed by atoms with Crippen molar-refractivity contribution >= 4 is 10.0 Å². The maximum Gasteiger partial charge on any atom is 0.243 e. The number of methoxy groups -OCH3 is 1. The predicted molar refractivity (Wildman–Crippen MR) is 92.6 cm³/mol. The molecule has 1 aliphatic rings. The molecule has 1 saturated heterocycles. The molecule has 2 aromatic rings. The lowest BCUT2D eigenvalue weighted by molar-refractivity contribution is -0.917. The fraction of sp³-hybridized carbons (Fsp3) is 0.333. The summed E-state index contributed by atoms with van der Waals surface area (Å²) in [5.41, 5.74) is 1.20. The van der Waals surface area contributed by atoms with E-state index in [1.165, 1.54) is 39.0 Å². The lowest BCUT2D eigenvalue weighted by Gasteiger charge is -2.31. The van der Waals surface area contributed by atoms with Crippen molar-refractivity contribution in [2.75, 3.05) is 33.3 Å². The van der Waals surface area contributed by atoms with E-state index in [0.29, 0.717) is 13.1 Å². The van der Waals surface area contributed by atoms with Gasteiger partial charge in [-0.05, 0) is 48.5 Å². The number of sulfonamides is 1. The largest absolute Gasteiger partial charge is 0.497 e. The summed E-state index contributed by atoms with van der Waals surface area (Å²) in [5.74, 6) is 0.390. The fourth-order valence-corrected chi connectivity index (χ4v) is 4.45. The molecule has 5 nitrogen and oxygen atoms in total. The molecule has 0 atom stereocenters. The summed E-state index contributed by atoms with van der Waals surface area (Å²) in [4.78, 5) is 1.49. The van der Waals surface area contributed by atoms with Gasteiger partial charge >= 0.3 is 0 Å². The normalized spacial score (nSPS) is 16.7. The van der Waals surface area contributed by atoms with Gasteiger partial charge in [-0.1, -0.05) is 0 Å². The van der Waals surface area contributed by atoms with E-state index in [2.05, 4.69) is 0 Å². The monoisotopic (exact) mass is 365 g/mol. The van der Waals surface area contributed by atoms with Gasteiger partial charge in [0.25, 0.3) is 0 Å². The maximum absolute atomic E-state index is 13.0. The molecule has 0 spiro atoms. The Bertz CT molecular complexity index is 799. The van der Waals surface area contributed by atoms with Crippen molar-refractivity contribution < 1.29 is 22.4 Å². The number of ether oxygens (including phenoxy) is 1. The van der Waals surface area contributed by atoms with Crippen molar-refractivity contribution in [2.45, 2.75) is 11.4 Å². The summed E-state index contributed by atoms with van der Waals surface area (Å²) in [6, 6.07) is 12.9. The van der Waals surface area contributed by atoms with Gasteiger partial charge in [0.05, 0.1) is 38.2 Å². The maximum atomic E-state index is 13.0. The molecule has 7 heteroatoms. The van der Waals surface area contributed by atoms with Crippen LogP contribution < -0.4 is 9.64 Å². The van der Waals surface area contributed by atoms with E-state index in [1.807, 2.05) is 24.3 Å². The van der Waals surface area contributed by atoms with Crippen LogP contribution in [-0.4, -0.2) is 46.0 Å². The summed E-state index contributed by atoms with van der Waals surface area (Å²) >= 11 is 0. The van der Waals surface area contributed by atoms with E-state index in [9.17, 15) is 12.8 Å². The molecule has 0 aliphatic carbocycles. The van der Waals surface area contributed by atoms with Crippen LogP contribution in [0.4, 0.5) is 4.39 Å². The van der Waals surface area contributed by atoms with Crippen molar-refractivity contribution in [3.8, 4) is 5.75 Å². The third-order valence-corrected chi connectivity index (χ3v) is 6.41. The Morgan fingerprint density at radius 3 is 2.20 bits per heavy atom. The minimum absolute atomic E-state index is 0.146. The number of benzene rings is 2. The molecule has 0 saturated carbocycles. The highest BCUT2D eigenvalue weighted by molar-refractivity contribution is 7.89. The molecule has 0 aromatic heterocycles. The molecular formula is C18H22FN2O3S+. The van der Waals surface area contributed by atoms with Gasteiger partial charge in [0.15, 0.2) is 0 Å². The van der Waals surface area contributed by atoms with Gasteiger partial charge < -0.3 is 9.64 Å². The SMILES string of the molecule is COc1ccc(C[NH+]2CCN(S(=O)(=O)c3ccc(F)cc3)CC2)cc1. The topological polar surface area (TPSA) is 51.1 Å². The first-order valence-electron chi connectivity index (χ1n) is 8.21. The third kappa shape index (κ3) is 4.18. The Morgan fingerprint density at radius 1 is 1.04 bits per heavy atom. The van der Waals surface area contributed by atoms with Crippen LogP contribution >= 0.6 is 0 Å². The van der Waals surface area contributed by atoms with Gasteiger partial charge in [-0.15, -0.1) is 0 Å². The number of hydrogen-bond donors (Lipinski definition) is 1. The zero-order valence-corrected chi connectivity index (χ0v) is 14.9. The van der Waals surface area contributed by atoms with Gasteiger partial charge in [0, 0.05) is 5.56 Å². The molecule has 0 amide bonds. The molecule has 1 aliphatic heterocycles. The number of piperazine rings is 1. The Morgan fingerprint density at radius 2 is 1.64 bits per heavy atom. The first-order chi connectivity index (χ1) is 12.0. The second-order valence-electron chi connectivity index (χ2n) is 6.13. The molecule has 0 unspecified atom stereocenters. The van der Waals surface area contributed by atoms with Gasteiger partial charge in [-0.2, -0.15) is 4.31 Å². The molecule has 1 N–H and O–H groups in total. The highest BCUT2D eigenvalue weighted by Crippen LogP contribution is 2.16. The highest BCUT2D eigenvalue weighted by atomic mass is 32.2. The number of nitrogens with zero attached hydrogens (tertiary/aromatic N) is 1. The van der Waals surface area contributed by atoms with Crippen LogP contribution in [0.1, 0.15) is 5.56 Å². The number of nitrogens with one attached hydrogen (secondary N) is 1. The van der Waals surface area contributed by atoms with Gasteiger partial charge in [-0.25, -0.2) is 12.8 Å². The molecule has 2 aromatic carbocycles. The van der Waals surface area contributed by atoms with Crippen LogP contribution in [0.25, 0.3) is 0 Å². The summed E-state index contributed by atoms with van der Waals surface area (Å²) in [6.45, 7) is 3.27. The number of quaternary nitrogens is 1. The van der Waals surface area contributed by atoms with Crippen molar-refractivity contribution in [3.05, 3.63) is 59.9 Å². The van der Waals surface area contributed by atoms with E-state index in [-0.39, 0.29) is 4.90 Å². The summed E-state index contributed by atoms with van der Waals surface area (Å²) in [6.07, 6.45) is 0. The minimum atomic E-state index is -3.55. The minimum Gasteiger partial charge on any atom is -0.497 e. The molecule has 3 rings (SSSR count). The Kier molecular flexibility index (Phi) is 5.36. The predicted octanol–water partition coefficient (Wildman–Crippen LogP) is 0.924. The second kappa shape index (κ2) is 7.51. The van der Waals surface area contributed by atoms with Gasteiger partial charge in [-0.3, -0.25) is 0 Å². The molecule has 1 fully saturated rings. The van der Waals surface area contributed by atoms with Crippen molar-refractivity contribution in [2.24, 2.45) is 0 Å². The molecule has 25 heavy (non-hydrogen) atoms. The van der Waals surface area contributed by atoms with E-state index in [1.54, 1.807) is 7.11 Å². The molecule has 0 radical (unpaired) electrons. The molecule has 134 valence electrons. The van der Waals surface area contributed by atoms with E-state index in [4.69, 9.17) is 4.74 Å². The Hall–Kier alpha value is -1.96. The molecule has 1 heterocycles. The summed E-state index contributed by atoms with van der Waals surface area (Å²) < 4.78 is 44.9. The van der Waals surface area contributed by atoms with Crippen molar-refractivity contribution in [1.82, 2.24) is 4.31 Å². The average Bonchev–Trinajstić information content (AvgIpc) is 2.63. The zero-order valence-electron chi connectivity index (χ0n) is 14.1. The van der Waals surface area contributed by atoms with Gasteiger partial charge in [0.2, 0.25) is 10.0 Å². The smallest absolute Gasteiger partial charge is 0.243 e. The molecule has 0 bridgehead atoms. The quantitative estimate of drug-likeness (QED) is 0.858. The van der Waals surface area contributed by atoms with Crippen LogP contribution in [0.2, 0.25) is 0 Å². The summed E-state index contributed by atoms with van der Waals surface area (Å²) in [7, 11) is -1.91. The highest BCUT2D eigenvalue weighted by Gasteiger charge is 2.30. The van der Waals surface area contributed by atoms with E-state index >= 15 is 0 Å². The standard InChI is InChI=1S/C18H21FN2O3S/c1-24-17-6-2-15(3-7-17)14-20-10-12-21(13-11-20)25(22,23)18-8-4-16(19)5-9-18/h2-9H,10-14H2,1H3/p+1. The molecular weight excluding hydrogens is 343 g/mol. The van der Waals surface area contributed by atoms with Crippen LogP contribution in [-0.2, 0) is 16.6 Å². The van der Waals surface area contributed by atoms with Crippen molar-refractivity contribution in [3.63, 3.8) is 0 Å². The lowest BCUT2D eigenvalue weighted by atomic mass is 10.2. The Labute approximate surface area is 147 Å². The van der Waals surface area contributed by atoms with Crippen LogP contribution in [0.5, 0.6) is 5.75 Å². The van der Waals surface area contributed by atoms with Crippen LogP contribution in [0.15, 0.2) is 53.4 Å². The Balaban J connectivity index is 1.60. The lowest BCUT2D eigenvalue weighted by Crippen LogP contribution is -3.13. The zero-order chi connectivity index (χ0) is 17.9. The third-order valence-electron chi connectivity index (χ3n) is 4.49. The second-order valence-corrected chi connectivity index (χ2v) is 8.07. The number of rotatable bonds is 5. The van der Waals surface area contributed by atoms with E-state index in [0.717, 1.165) is 25.4 Å². The van der Waals surface area contributed by atoms with E-state index < -0.39 is 15.8 Å². The fourth-order valence-electron chi connectivity index (χ4n) is 3.01. The first-order valence-corrected chi connectivity index (χ1v) is 9.65. The average molecular weight is 365 g/mol. The number of hydrogen-bond acceptors (Lipinski definition) is 3. The van der Waals surface area contributed by atoms with Crippen molar-refractivity contribution in [1.29, 1.82) is 0 Å². The van der Waals surface area contributed by atoms with Crippen LogP contribution in [0.3, 0.4) is 0 Å². The number of halogens is 1. The van der Waals surface area contributed by atoms with Crippen LogP contribution in [0, 0.1) is 5.82 Å². The first kappa shape index (κ1) is 17.8.